The van der Waals surface area contributed by atoms with Crippen LogP contribution in [0.15, 0.2) is 29.2 Å². The summed E-state index contributed by atoms with van der Waals surface area (Å²) in [5, 5.41) is 18.3. The van der Waals surface area contributed by atoms with E-state index in [2.05, 4.69) is 0 Å². The Morgan fingerprint density at radius 3 is 2.58 bits per heavy atom. The molecule has 1 aromatic carbocycles. The van der Waals surface area contributed by atoms with Crippen molar-refractivity contribution in [3.05, 3.63) is 24.3 Å². The molecule has 0 atom stereocenters. The van der Waals surface area contributed by atoms with Gasteiger partial charge in [0.1, 0.15) is 5.75 Å². The van der Waals surface area contributed by atoms with Crippen molar-refractivity contribution in [3.63, 3.8) is 0 Å². The molecule has 2 N–H and O–H groups in total. The number of aromatic hydroxyl groups is 1. The van der Waals surface area contributed by atoms with Gasteiger partial charge in [0.15, 0.2) is 0 Å². The average Bonchev–Trinajstić information content (AvgIpc) is 2.31. The minimum absolute atomic E-state index is 0.0268. The highest BCUT2D eigenvalue weighted by molar-refractivity contribution is 7.89. The molecule has 1 aromatic rings. The molecule has 2 rings (SSSR count). The molecule has 0 amide bonds. The number of nitrogens with zero attached hydrogens (tertiary/aromatic N) is 1. The van der Waals surface area contributed by atoms with E-state index in [4.69, 9.17) is 5.11 Å². The van der Waals surface area contributed by atoms with E-state index in [-0.39, 0.29) is 23.3 Å². The Balaban J connectivity index is 2.27. The van der Waals surface area contributed by atoms with Gasteiger partial charge in [-0.2, -0.15) is 4.31 Å². The first-order valence-corrected chi connectivity index (χ1v) is 7.91. The second-order valence-corrected chi connectivity index (χ2v) is 6.67. The van der Waals surface area contributed by atoms with Crippen LogP contribution < -0.4 is 0 Å². The Morgan fingerprint density at radius 2 is 2.05 bits per heavy atom. The highest BCUT2D eigenvalue weighted by Gasteiger charge is 2.34. The summed E-state index contributed by atoms with van der Waals surface area (Å²) >= 11 is 0. The third kappa shape index (κ3) is 3.08. The van der Waals surface area contributed by atoms with Gasteiger partial charge in [0.2, 0.25) is 10.0 Å². The zero-order valence-electron chi connectivity index (χ0n) is 10.7. The number of phenols is 1. The molecule has 0 spiro atoms. The monoisotopic (exact) mass is 285 g/mol. The standard InChI is InChI=1S/C13H19NO4S/c15-9-3-8-14(11-4-1-5-11)19(17,18)13-7-2-6-12(16)10-13/h2,6-7,10-11,15-16H,1,3-5,8-9H2. The average molecular weight is 285 g/mol. The lowest BCUT2D eigenvalue weighted by Crippen LogP contribution is -2.44. The number of aliphatic hydroxyl groups is 1. The van der Waals surface area contributed by atoms with Crippen LogP contribution in [0.4, 0.5) is 0 Å². The second-order valence-electron chi connectivity index (χ2n) is 4.77. The summed E-state index contributed by atoms with van der Waals surface area (Å²) in [5.41, 5.74) is 0. The number of hydrogen-bond acceptors (Lipinski definition) is 4. The van der Waals surface area contributed by atoms with Gasteiger partial charge < -0.3 is 10.2 Å². The molecule has 6 heteroatoms. The van der Waals surface area contributed by atoms with Crippen molar-refractivity contribution in [2.75, 3.05) is 13.2 Å². The lowest BCUT2D eigenvalue weighted by molar-refractivity contribution is 0.198. The topological polar surface area (TPSA) is 77.8 Å². The van der Waals surface area contributed by atoms with Gasteiger partial charge >= 0.3 is 0 Å². The van der Waals surface area contributed by atoms with Crippen molar-refractivity contribution < 1.29 is 18.6 Å². The van der Waals surface area contributed by atoms with Gasteiger partial charge in [-0.25, -0.2) is 8.42 Å². The quantitative estimate of drug-likeness (QED) is 0.826. The number of rotatable bonds is 6. The van der Waals surface area contributed by atoms with Gasteiger partial charge in [-0.15, -0.1) is 0 Å². The summed E-state index contributed by atoms with van der Waals surface area (Å²) in [7, 11) is -3.59. The largest absolute Gasteiger partial charge is 0.508 e. The lowest BCUT2D eigenvalue weighted by Gasteiger charge is -2.36. The summed E-state index contributed by atoms with van der Waals surface area (Å²) in [6.45, 7) is 0.290. The minimum atomic E-state index is -3.59. The van der Waals surface area contributed by atoms with Crippen LogP contribution in [0.25, 0.3) is 0 Å². The molecule has 19 heavy (non-hydrogen) atoms. The molecule has 0 bridgehead atoms. The van der Waals surface area contributed by atoms with Crippen LogP contribution in [0, 0.1) is 0 Å². The van der Waals surface area contributed by atoms with Crippen LogP contribution >= 0.6 is 0 Å². The zero-order valence-corrected chi connectivity index (χ0v) is 11.5. The molecule has 5 nitrogen and oxygen atoms in total. The first-order valence-electron chi connectivity index (χ1n) is 6.47. The Hall–Kier alpha value is -1.11. The molecular weight excluding hydrogens is 266 g/mol. The van der Waals surface area contributed by atoms with E-state index in [1.807, 2.05) is 0 Å². The smallest absolute Gasteiger partial charge is 0.243 e. The van der Waals surface area contributed by atoms with Gasteiger partial charge in [-0.05, 0) is 37.5 Å². The van der Waals surface area contributed by atoms with Crippen molar-refractivity contribution in [2.24, 2.45) is 0 Å². The Labute approximate surface area is 113 Å². The molecular formula is C13H19NO4S. The minimum Gasteiger partial charge on any atom is -0.508 e. The molecule has 1 fully saturated rings. The maximum atomic E-state index is 12.6. The van der Waals surface area contributed by atoms with Crippen molar-refractivity contribution >= 4 is 10.0 Å². The van der Waals surface area contributed by atoms with Gasteiger partial charge in [-0.1, -0.05) is 12.5 Å². The fraction of sp³-hybridized carbons (Fsp3) is 0.538. The van der Waals surface area contributed by atoms with Crippen LogP contribution in [-0.4, -0.2) is 42.1 Å². The predicted octanol–water partition coefficient (Wildman–Crippen LogP) is 1.32. The third-order valence-corrected chi connectivity index (χ3v) is 5.39. The third-order valence-electron chi connectivity index (χ3n) is 3.44. The highest BCUT2D eigenvalue weighted by atomic mass is 32.2. The number of benzene rings is 1. The predicted molar refractivity (Wildman–Crippen MR) is 71.3 cm³/mol. The lowest BCUT2D eigenvalue weighted by atomic mass is 9.93. The highest BCUT2D eigenvalue weighted by Crippen LogP contribution is 2.30. The number of aliphatic hydroxyl groups excluding tert-OH is 1. The fourth-order valence-corrected chi connectivity index (χ4v) is 3.94. The van der Waals surface area contributed by atoms with Crippen LogP contribution in [0.1, 0.15) is 25.7 Å². The molecule has 0 aliphatic heterocycles. The van der Waals surface area contributed by atoms with Gasteiger partial charge in [0, 0.05) is 19.2 Å². The van der Waals surface area contributed by atoms with Crippen molar-refractivity contribution in [2.45, 2.75) is 36.6 Å². The first-order chi connectivity index (χ1) is 9.05. The number of sulfonamides is 1. The van der Waals surface area contributed by atoms with Gasteiger partial charge in [0.05, 0.1) is 4.90 Å². The van der Waals surface area contributed by atoms with Crippen molar-refractivity contribution in [1.82, 2.24) is 4.31 Å². The van der Waals surface area contributed by atoms with Gasteiger partial charge in [-0.3, -0.25) is 0 Å². The summed E-state index contributed by atoms with van der Waals surface area (Å²) < 4.78 is 26.6. The van der Waals surface area contributed by atoms with Crippen LogP contribution in [0.2, 0.25) is 0 Å². The molecule has 0 unspecified atom stereocenters. The van der Waals surface area contributed by atoms with Crippen molar-refractivity contribution in [3.8, 4) is 5.75 Å². The van der Waals surface area contributed by atoms with E-state index in [0.29, 0.717) is 13.0 Å². The van der Waals surface area contributed by atoms with Crippen LogP contribution in [0.5, 0.6) is 5.75 Å². The number of hydrogen-bond donors (Lipinski definition) is 2. The van der Waals surface area contributed by atoms with Crippen LogP contribution in [0.3, 0.4) is 0 Å². The van der Waals surface area contributed by atoms with E-state index in [9.17, 15) is 13.5 Å². The Morgan fingerprint density at radius 1 is 1.32 bits per heavy atom. The van der Waals surface area contributed by atoms with E-state index in [1.54, 1.807) is 0 Å². The molecule has 1 aliphatic carbocycles. The Bertz CT molecular complexity index is 525. The maximum Gasteiger partial charge on any atom is 0.243 e. The summed E-state index contributed by atoms with van der Waals surface area (Å²) in [4.78, 5) is 0.109. The van der Waals surface area contributed by atoms with Crippen LogP contribution in [-0.2, 0) is 10.0 Å². The second kappa shape index (κ2) is 5.90. The Kier molecular flexibility index (Phi) is 4.44. The van der Waals surface area contributed by atoms with Gasteiger partial charge in [0.25, 0.3) is 0 Å². The van der Waals surface area contributed by atoms with E-state index >= 15 is 0 Å². The van der Waals surface area contributed by atoms with E-state index < -0.39 is 10.0 Å². The molecule has 0 heterocycles. The molecule has 1 aliphatic rings. The van der Waals surface area contributed by atoms with E-state index in [0.717, 1.165) is 19.3 Å². The number of phenolic OH excluding ortho intramolecular Hbond substituents is 1. The molecule has 0 saturated heterocycles. The molecule has 106 valence electrons. The molecule has 1 saturated carbocycles. The summed E-state index contributed by atoms with van der Waals surface area (Å²) in [5.74, 6) is -0.0585. The van der Waals surface area contributed by atoms with Crippen molar-refractivity contribution in [1.29, 1.82) is 0 Å². The molecule has 0 aromatic heterocycles. The fourth-order valence-electron chi connectivity index (χ4n) is 2.18. The first kappa shape index (κ1) is 14.3. The normalized spacial score (nSPS) is 16.5. The summed E-state index contributed by atoms with van der Waals surface area (Å²) in [6, 6.07) is 5.74. The molecule has 0 radical (unpaired) electrons. The summed E-state index contributed by atoms with van der Waals surface area (Å²) in [6.07, 6.45) is 3.19. The zero-order chi connectivity index (χ0) is 13.9. The maximum absolute atomic E-state index is 12.6. The van der Waals surface area contributed by atoms with E-state index in [1.165, 1.54) is 28.6 Å². The SMILES string of the molecule is O=S(=O)(c1cccc(O)c1)N(CCCO)C1CCC1.